The molecule has 1 aromatic carbocycles. The van der Waals surface area contributed by atoms with Crippen LogP contribution in [0, 0.1) is 6.92 Å². The van der Waals surface area contributed by atoms with Crippen LogP contribution in [-0.2, 0) is 17.8 Å². The third-order valence-corrected chi connectivity index (χ3v) is 5.90. The van der Waals surface area contributed by atoms with Gasteiger partial charge in [-0.1, -0.05) is 30.3 Å². The molecule has 0 bridgehead atoms. The highest BCUT2D eigenvalue weighted by atomic mass is 32.1. The molecule has 1 aliphatic rings. The molecule has 2 aromatic heterocycles. The normalized spacial score (nSPS) is 15.1. The number of amides is 1. The molecule has 3 heterocycles. The van der Waals surface area contributed by atoms with Crippen LogP contribution < -0.4 is 0 Å². The van der Waals surface area contributed by atoms with E-state index >= 15 is 0 Å². The van der Waals surface area contributed by atoms with Crippen molar-refractivity contribution in [1.29, 1.82) is 0 Å². The molecule has 6 heteroatoms. The van der Waals surface area contributed by atoms with Crippen LogP contribution in [0.5, 0.6) is 0 Å². The lowest BCUT2D eigenvalue weighted by atomic mass is 10.2. The Morgan fingerprint density at radius 2 is 1.89 bits per heavy atom. The number of rotatable bonds is 6. The molecule has 0 spiro atoms. The number of furan rings is 1. The number of hydrogen-bond donors (Lipinski definition) is 0. The van der Waals surface area contributed by atoms with Gasteiger partial charge in [0, 0.05) is 56.5 Å². The van der Waals surface area contributed by atoms with Crippen molar-refractivity contribution in [1.82, 2.24) is 14.8 Å². The summed E-state index contributed by atoms with van der Waals surface area (Å²) in [4.78, 5) is 21.5. The van der Waals surface area contributed by atoms with Gasteiger partial charge in [-0.2, -0.15) is 0 Å². The Morgan fingerprint density at radius 1 is 1.11 bits per heavy atom. The fraction of sp³-hybridized carbons (Fsp3) is 0.364. The van der Waals surface area contributed by atoms with E-state index in [4.69, 9.17) is 4.42 Å². The molecular weight excluding hydrogens is 370 g/mol. The van der Waals surface area contributed by atoms with Crippen molar-refractivity contribution in [3.05, 3.63) is 64.3 Å². The molecule has 0 saturated carbocycles. The van der Waals surface area contributed by atoms with E-state index in [0.29, 0.717) is 12.8 Å². The predicted molar refractivity (Wildman–Crippen MR) is 111 cm³/mol. The number of hydrogen-bond acceptors (Lipinski definition) is 5. The van der Waals surface area contributed by atoms with E-state index in [0.717, 1.165) is 60.5 Å². The maximum atomic E-state index is 12.6. The minimum atomic E-state index is 0.210. The lowest BCUT2D eigenvalue weighted by Crippen LogP contribution is -2.48. The van der Waals surface area contributed by atoms with Crippen LogP contribution in [0.2, 0.25) is 0 Å². The highest BCUT2D eigenvalue weighted by Gasteiger charge is 2.21. The fourth-order valence-corrected chi connectivity index (χ4v) is 4.13. The van der Waals surface area contributed by atoms with Crippen LogP contribution in [0.25, 0.3) is 11.3 Å². The van der Waals surface area contributed by atoms with Crippen LogP contribution in [0.1, 0.15) is 22.9 Å². The molecule has 1 amide bonds. The molecule has 1 saturated heterocycles. The summed E-state index contributed by atoms with van der Waals surface area (Å²) < 4.78 is 5.91. The summed E-state index contributed by atoms with van der Waals surface area (Å²) in [5, 5.41) is 3.23. The Morgan fingerprint density at radius 3 is 2.61 bits per heavy atom. The van der Waals surface area contributed by atoms with E-state index < -0.39 is 0 Å². The summed E-state index contributed by atoms with van der Waals surface area (Å²) in [6.45, 7) is 6.29. The van der Waals surface area contributed by atoms with Gasteiger partial charge in [0.2, 0.25) is 5.91 Å². The maximum Gasteiger partial charge on any atom is 0.223 e. The molecule has 1 fully saturated rings. The number of piperazine rings is 1. The molecule has 3 aromatic rings. The highest BCUT2D eigenvalue weighted by molar-refractivity contribution is 7.09. The summed E-state index contributed by atoms with van der Waals surface area (Å²) in [6.07, 6.45) is 1.14. The van der Waals surface area contributed by atoms with E-state index in [9.17, 15) is 4.79 Å². The molecule has 4 rings (SSSR count). The van der Waals surface area contributed by atoms with Crippen LogP contribution in [0.4, 0.5) is 0 Å². The second-order valence-electron chi connectivity index (χ2n) is 7.15. The number of aromatic nitrogens is 1. The van der Waals surface area contributed by atoms with Gasteiger partial charge in [0.1, 0.15) is 11.5 Å². The first-order chi connectivity index (χ1) is 13.7. The van der Waals surface area contributed by atoms with Crippen molar-refractivity contribution in [2.75, 3.05) is 26.2 Å². The van der Waals surface area contributed by atoms with Gasteiger partial charge in [-0.3, -0.25) is 9.69 Å². The van der Waals surface area contributed by atoms with Crippen molar-refractivity contribution in [3.8, 4) is 11.3 Å². The molecule has 0 atom stereocenters. The van der Waals surface area contributed by atoms with Crippen LogP contribution >= 0.6 is 11.3 Å². The number of benzene rings is 1. The van der Waals surface area contributed by atoms with Gasteiger partial charge >= 0.3 is 0 Å². The molecular formula is C22H25N3O2S. The summed E-state index contributed by atoms with van der Waals surface area (Å²) in [5.41, 5.74) is 2.20. The average molecular weight is 396 g/mol. The van der Waals surface area contributed by atoms with E-state index in [1.165, 1.54) is 0 Å². The van der Waals surface area contributed by atoms with Gasteiger partial charge in [0.15, 0.2) is 0 Å². The molecule has 5 nitrogen and oxygen atoms in total. The number of nitrogens with zero attached hydrogens (tertiary/aromatic N) is 3. The van der Waals surface area contributed by atoms with Gasteiger partial charge in [-0.05, 0) is 19.1 Å². The zero-order chi connectivity index (χ0) is 19.3. The molecule has 0 radical (unpaired) electrons. The molecule has 0 aliphatic carbocycles. The first-order valence-corrected chi connectivity index (χ1v) is 10.6. The van der Waals surface area contributed by atoms with Gasteiger partial charge in [0.25, 0.3) is 0 Å². The smallest absolute Gasteiger partial charge is 0.223 e. The zero-order valence-corrected chi connectivity index (χ0v) is 17.0. The van der Waals surface area contributed by atoms with Gasteiger partial charge in [-0.25, -0.2) is 4.98 Å². The minimum Gasteiger partial charge on any atom is -0.461 e. The first kappa shape index (κ1) is 18.9. The van der Waals surface area contributed by atoms with Gasteiger partial charge < -0.3 is 9.32 Å². The number of carbonyl (C=O) groups is 1. The Balaban J connectivity index is 1.23. The Hall–Kier alpha value is -2.44. The van der Waals surface area contributed by atoms with Gasteiger partial charge in [0.05, 0.1) is 10.7 Å². The first-order valence-electron chi connectivity index (χ1n) is 9.72. The Bertz CT molecular complexity index is 911. The standard InChI is InChI=1S/C22H25N3O2S/c1-17-23-19(16-28-17)15-24-11-13-25(14-12-24)22(26)10-8-20-7-9-21(27-20)18-5-3-2-4-6-18/h2-7,9,16H,8,10-15H2,1H3. The number of thiazole rings is 1. The molecule has 0 N–H and O–H groups in total. The molecule has 0 unspecified atom stereocenters. The summed E-state index contributed by atoms with van der Waals surface area (Å²) >= 11 is 1.69. The second-order valence-corrected chi connectivity index (χ2v) is 8.21. The lowest BCUT2D eigenvalue weighted by Gasteiger charge is -2.34. The van der Waals surface area contributed by atoms with E-state index in [-0.39, 0.29) is 5.91 Å². The lowest BCUT2D eigenvalue weighted by molar-refractivity contribution is -0.133. The van der Waals surface area contributed by atoms with Crippen molar-refractivity contribution >= 4 is 17.2 Å². The summed E-state index contributed by atoms with van der Waals surface area (Å²) in [6, 6.07) is 14.0. The molecule has 1 aliphatic heterocycles. The third-order valence-electron chi connectivity index (χ3n) is 5.08. The largest absolute Gasteiger partial charge is 0.461 e. The van der Waals surface area contributed by atoms with E-state index in [1.807, 2.05) is 54.3 Å². The monoisotopic (exact) mass is 395 g/mol. The second kappa shape index (κ2) is 8.71. The molecule has 146 valence electrons. The van der Waals surface area contributed by atoms with Crippen molar-refractivity contribution in [2.24, 2.45) is 0 Å². The maximum absolute atomic E-state index is 12.6. The number of carbonyl (C=O) groups excluding carboxylic acids is 1. The topological polar surface area (TPSA) is 49.6 Å². The Labute approximate surface area is 169 Å². The third kappa shape index (κ3) is 4.69. The van der Waals surface area contributed by atoms with Gasteiger partial charge in [-0.15, -0.1) is 11.3 Å². The van der Waals surface area contributed by atoms with E-state index in [2.05, 4.69) is 15.3 Å². The number of aryl methyl sites for hydroxylation is 2. The quantitative estimate of drug-likeness (QED) is 0.633. The highest BCUT2D eigenvalue weighted by Crippen LogP contribution is 2.22. The minimum absolute atomic E-state index is 0.210. The van der Waals surface area contributed by atoms with Crippen LogP contribution in [0.3, 0.4) is 0 Å². The summed E-state index contributed by atoms with van der Waals surface area (Å²) in [5.74, 6) is 1.93. The van der Waals surface area contributed by atoms with Crippen LogP contribution in [0.15, 0.2) is 52.3 Å². The van der Waals surface area contributed by atoms with Crippen molar-refractivity contribution in [3.63, 3.8) is 0 Å². The van der Waals surface area contributed by atoms with Crippen molar-refractivity contribution < 1.29 is 9.21 Å². The zero-order valence-electron chi connectivity index (χ0n) is 16.1. The Kier molecular flexibility index (Phi) is 5.88. The molecule has 28 heavy (non-hydrogen) atoms. The van der Waals surface area contributed by atoms with E-state index in [1.54, 1.807) is 11.3 Å². The summed E-state index contributed by atoms with van der Waals surface area (Å²) in [7, 11) is 0. The SMILES string of the molecule is Cc1nc(CN2CCN(C(=O)CCc3ccc(-c4ccccc4)o3)CC2)cs1. The average Bonchev–Trinajstić information content (AvgIpc) is 3.36. The van der Waals surface area contributed by atoms with Crippen molar-refractivity contribution in [2.45, 2.75) is 26.3 Å². The fourth-order valence-electron chi connectivity index (χ4n) is 3.52. The predicted octanol–water partition coefficient (Wildman–Crippen LogP) is 3.99. The van der Waals surface area contributed by atoms with Crippen LogP contribution in [-0.4, -0.2) is 46.9 Å².